The Bertz CT molecular complexity index is 629. The van der Waals surface area contributed by atoms with E-state index in [1.807, 2.05) is 13.8 Å². The van der Waals surface area contributed by atoms with Crippen molar-refractivity contribution in [1.29, 1.82) is 0 Å². The molecule has 5 nitrogen and oxygen atoms in total. The highest BCUT2D eigenvalue weighted by Crippen LogP contribution is 2.18. The smallest absolute Gasteiger partial charge is 0.254 e. The molecule has 0 saturated heterocycles. The maximum absolute atomic E-state index is 13.6. The van der Waals surface area contributed by atoms with Crippen LogP contribution in [0.4, 0.5) is 8.78 Å². The Morgan fingerprint density at radius 2 is 1.86 bits per heavy atom. The van der Waals surface area contributed by atoms with Crippen molar-refractivity contribution in [1.82, 2.24) is 5.32 Å². The summed E-state index contributed by atoms with van der Waals surface area (Å²) in [5.41, 5.74) is -0.676. The monoisotopic (exact) mass is 320 g/mol. The lowest BCUT2D eigenvalue weighted by atomic mass is 10.0. The van der Waals surface area contributed by atoms with Crippen LogP contribution in [0, 0.1) is 17.6 Å². The second-order valence-corrected chi connectivity index (χ2v) is 6.27. The first-order valence-electron chi connectivity index (χ1n) is 6.50. The van der Waals surface area contributed by atoms with E-state index in [4.69, 9.17) is 5.14 Å². The van der Waals surface area contributed by atoms with Crippen LogP contribution in [0.5, 0.6) is 0 Å². The van der Waals surface area contributed by atoms with E-state index in [1.54, 1.807) is 0 Å². The van der Waals surface area contributed by atoms with Gasteiger partial charge in [0.25, 0.3) is 5.91 Å². The Labute approximate surface area is 122 Å². The Morgan fingerprint density at radius 3 is 2.33 bits per heavy atom. The molecule has 0 bridgehead atoms. The van der Waals surface area contributed by atoms with Crippen molar-refractivity contribution in [2.75, 3.05) is 6.54 Å². The first kappa shape index (κ1) is 17.5. The van der Waals surface area contributed by atoms with Crippen molar-refractivity contribution in [3.8, 4) is 0 Å². The van der Waals surface area contributed by atoms with E-state index in [0.29, 0.717) is 12.6 Å². The fourth-order valence-corrected chi connectivity index (χ4v) is 2.35. The molecule has 0 unspecified atom stereocenters. The third-order valence-electron chi connectivity index (χ3n) is 3.28. The zero-order valence-electron chi connectivity index (χ0n) is 11.8. The Balaban J connectivity index is 3.06. The molecule has 0 fully saturated rings. The number of benzene rings is 1. The predicted octanol–water partition coefficient (Wildman–Crippen LogP) is 1.78. The molecule has 0 saturated carbocycles. The van der Waals surface area contributed by atoms with Crippen molar-refractivity contribution in [2.45, 2.75) is 31.6 Å². The quantitative estimate of drug-likeness (QED) is 0.837. The minimum absolute atomic E-state index is 0.211. The number of hydrogen-bond acceptors (Lipinski definition) is 3. The van der Waals surface area contributed by atoms with Crippen molar-refractivity contribution >= 4 is 15.9 Å². The third kappa shape index (κ3) is 4.47. The van der Waals surface area contributed by atoms with E-state index in [0.717, 1.165) is 18.9 Å². The molecule has 1 amide bonds. The Hall–Kier alpha value is -1.54. The zero-order valence-corrected chi connectivity index (χ0v) is 12.6. The van der Waals surface area contributed by atoms with Crippen LogP contribution in [0.3, 0.4) is 0 Å². The summed E-state index contributed by atoms with van der Waals surface area (Å²) in [7, 11) is -4.23. The Kier molecular flexibility index (Phi) is 5.79. The number of carbonyl (C=O) groups excluding carboxylic acids is 1. The predicted molar refractivity (Wildman–Crippen MR) is 74.1 cm³/mol. The standard InChI is InChI=1S/C13H18F2N2O3S/c1-3-8(4-2)7-17-13(18)10-5-9(21(16,19)20)6-11(14)12(10)15/h5-6,8H,3-4,7H2,1-2H3,(H,17,18)(H2,16,19,20). The Morgan fingerprint density at radius 1 is 1.29 bits per heavy atom. The first-order valence-corrected chi connectivity index (χ1v) is 8.05. The molecule has 0 aromatic heterocycles. The molecule has 3 N–H and O–H groups in total. The number of primary sulfonamides is 1. The van der Waals surface area contributed by atoms with Crippen LogP contribution >= 0.6 is 0 Å². The molecule has 0 atom stereocenters. The average molecular weight is 320 g/mol. The molecule has 0 aliphatic heterocycles. The number of halogens is 2. The van der Waals surface area contributed by atoms with Gasteiger partial charge in [0.2, 0.25) is 10.0 Å². The molecule has 118 valence electrons. The largest absolute Gasteiger partial charge is 0.352 e. The molecule has 21 heavy (non-hydrogen) atoms. The lowest BCUT2D eigenvalue weighted by Crippen LogP contribution is -2.30. The average Bonchev–Trinajstić information content (AvgIpc) is 2.41. The van der Waals surface area contributed by atoms with Gasteiger partial charge in [0, 0.05) is 6.54 Å². The molecule has 0 radical (unpaired) electrons. The highest BCUT2D eigenvalue weighted by Gasteiger charge is 2.21. The molecule has 0 aliphatic rings. The lowest BCUT2D eigenvalue weighted by molar-refractivity contribution is 0.0941. The molecule has 0 heterocycles. The van der Waals surface area contributed by atoms with Crippen LogP contribution in [0.2, 0.25) is 0 Å². The first-order chi connectivity index (χ1) is 9.70. The number of amides is 1. The van der Waals surface area contributed by atoms with Crippen molar-refractivity contribution < 1.29 is 22.0 Å². The normalized spacial score (nSPS) is 11.7. The van der Waals surface area contributed by atoms with E-state index < -0.39 is 38.0 Å². The van der Waals surface area contributed by atoms with Gasteiger partial charge in [-0.25, -0.2) is 22.3 Å². The van der Waals surface area contributed by atoms with Crippen molar-refractivity contribution in [2.24, 2.45) is 11.1 Å². The lowest BCUT2D eigenvalue weighted by Gasteiger charge is -2.14. The van der Waals surface area contributed by atoms with Crippen LogP contribution in [0.1, 0.15) is 37.0 Å². The molecule has 1 rings (SSSR count). The number of carbonyl (C=O) groups is 1. The molecular formula is C13H18F2N2O3S. The fraction of sp³-hybridized carbons (Fsp3) is 0.462. The highest BCUT2D eigenvalue weighted by molar-refractivity contribution is 7.89. The van der Waals surface area contributed by atoms with Gasteiger partial charge in [0.15, 0.2) is 11.6 Å². The SMILES string of the molecule is CCC(CC)CNC(=O)c1cc(S(N)(=O)=O)cc(F)c1F. The summed E-state index contributed by atoms with van der Waals surface area (Å²) in [5, 5.41) is 7.33. The number of hydrogen-bond donors (Lipinski definition) is 2. The van der Waals surface area contributed by atoms with Gasteiger partial charge < -0.3 is 5.32 Å². The van der Waals surface area contributed by atoms with E-state index in [2.05, 4.69) is 5.32 Å². The number of rotatable bonds is 6. The van der Waals surface area contributed by atoms with Gasteiger partial charge in [0.1, 0.15) is 0 Å². The number of nitrogens with two attached hydrogens (primary N) is 1. The van der Waals surface area contributed by atoms with Gasteiger partial charge >= 0.3 is 0 Å². The van der Waals surface area contributed by atoms with Gasteiger partial charge in [0.05, 0.1) is 10.5 Å². The maximum Gasteiger partial charge on any atom is 0.254 e. The molecule has 1 aromatic rings. The minimum Gasteiger partial charge on any atom is -0.352 e. The highest BCUT2D eigenvalue weighted by atomic mass is 32.2. The molecule has 0 aliphatic carbocycles. The molecule has 8 heteroatoms. The maximum atomic E-state index is 13.6. The van der Waals surface area contributed by atoms with Gasteiger partial charge in [-0.15, -0.1) is 0 Å². The van der Waals surface area contributed by atoms with Crippen LogP contribution in [-0.4, -0.2) is 20.9 Å². The number of sulfonamides is 1. The van der Waals surface area contributed by atoms with Gasteiger partial charge in [-0.3, -0.25) is 4.79 Å². The number of nitrogens with one attached hydrogen (secondary N) is 1. The second-order valence-electron chi connectivity index (χ2n) is 4.70. The van der Waals surface area contributed by atoms with Crippen LogP contribution in [0.25, 0.3) is 0 Å². The summed E-state index contributed by atoms with van der Waals surface area (Å²) in [4.78, 5) is 11.2. The van der Waals surface area contributed by atoms with Crippen LogP contribution in [-0.2, 0) is 10.0 Å². The van der Waals surface area contributed by atoms with Crippen LogP contribution < -0.4 is 10.5 Å². The summed E-state index contributed by atoms with van der Waals surface area (Å²) in [6.45, 7) is 4.19. The summed E-state index contributed by atoms with van der Waals surface area (Å²) < 4.78 is 49.4. The second kappa shape index (κ2) is 6.95. The zero-order chi connectivity index (χ0) is 16.2. The van der Waals surface area contributed by atoms with Crippen LogP contribution in [0.15, 0.2) is 17.0 Å². The van der Waals surface area contributed by atoms with E-state index in [-0.39, 0.29) is 5.92 Å². The summed E-state index contributed by atoms with van der Waals surface area (Å²) in [6, 6.07) is 1.18. The van der Waals surface area contributed by atoms with Crippen molar-refractivity contribution in [3.63, 3.8) is 0 Å². The van der Waals surface area contributed by atoms with E-state index >= 15 is 0 Å². The molecule has 1 aromatic carbocycles. The molecular weight excluding hydrogens is 302 g/mol. The minimum atomic E-state index is -4.23. The fourth-order valence-electron chi connectivity index (χ4n) is 1.80. The topological polar surface area (TPSA) is 89.3 Å². The van der Waals surface area contributed by atoms with Gasteiger partial charge in [-0.1, -0.05) is 26.7 Å². The summed E-state index contributed by atoms with van der Waals surface area (Å²) in [5.74, 6) is -3.49. The van der Waals surface area contributed by atoms with Gasteiger partial charge in [-0.2, -0.15) is 0 Å². The third-order valence-corrected chi connectivity index (χ3v) is 4.17. The van der Waals surface area contributed by atoms with E-state index in [1.165, 1.54) is 0 Å². The van der Waals surface area contributed by atoms with Gasteiger partial charge in [-0.05, 0) is 18.1 Å². The van der Waals surface area contributed by atoms with Crippen molar-refractivity contribution in [3.05, 3.63) is 29.3 Å². The molecule has 0 spiro atoms. The summed E-state index contributed by atoms with van der Waals surface area (Å²) in [6.07, 6.45) is 1.65. The summed E-state index contributed by atoms with van der Waals surface area (Å²) >= 11 is 0. The van der Waals surface area contributed by atoms with E-state index in [9.17, 15) is 22.0 Å².